The van der Waals surface area contributed by atoms with E-state index in [9.17, 15) is 0 Å². The van der Waals surface area contributed by atoms with Gasteiger partial charge in [-0.15, -0.1) is 5.73 Å². The third-order valence-corrected chi connectivity index (χ3v) is 1.92. The maximum absolute atomic E-state index is 5.76. The number of rotatable bonds is 2. The molecule has 3 nitrogen and oxygen atoms in total. The van der Waals surface area contributed by atoms with Gasteiger partial charge in [0.25, 0.3) is 0 Å². The molecule has 0 unspecified atom stereocenters. The summed E-state index contributed by atoms with van der Waals surface area (Å²) in [7, 11) is 0. The number of allylic oxidation sites excluding steroid dienone is 4. The van der Waals surface area contributed by atoms with Gasteiger partial charge in [0.05, 0.1) is 5.69 Å². The van der Waals surface area contributed by atoms with Crippen molar-refractivity contribution >= 4 is 11.5 Å². The molecular weight excluding hydrogens is 186 g/mol. The van der Waals surface area contributed by atoms with Crippen LogP contribution in [-0.2, 0) is 0 Å². The predicted octanol–water partition coefficient (Wildman–Crippen LogP) is 2.24. The zero-order valence-electron chi connectivity index (χ0n) is 8.14. The van der Waals surface area contributed by atoms with Crippen LogP contribution in [0.15, 0.2) is 60.1 Å². The highest BCUT2D eigenvalue weighted by molar-refractivity contribution is 5.64. The van der Waals surface area contributed by atoms with Crippen molar-refractivity contribution in [3.8, 4) is 0 Å². The number of nitrogens with zero attached hydrogens (tertiary/aromatic N) is 1. The Morgan fingerprint density at radius 1 is 1.33 bits per heavy atom. The second kappa shape index (κ2) is 4.31. The van der Waals surface area contributed by atoms with Crippen LogP contribution in [0.2, 0.25) is 0 Å². The molecule has 1 heterocycles. The Kier molecular flexibility index (Phi) is 2.68. The standard InChI is InChI=1S/C12H11N3/c13-11-8-5-9-14-12(11)15-10-6-3-1-2-4-7-10/h1-3,5-9H,13H2,(H,14,15). The van der Waals surface area contributed by atoms with Gasteiger partial charge in [0, 0.05) is 18.0 Å². The van der Waals surface area contributed by atoms with E-state index in [4.69, 9.17) is 5.73 Å². The number of pyridine rings is 1. The Morgan fingerprint density at radius 2 is 2.27 bits per heavy atom. The lowest BCUT2D eigenvalue weighted by molar-refractivity contribution is 1.29. The van der Waals surface area contributed by atoms with E-state index in [0.717, 1.165) is 5.70 Å². The maximum atomic E-state index is 5.76. The van der Waals surface area contributed by atoms with E-state index < -0.39 is 0 Å². The molecule has 2 rings (SSSR count). The summed E-state index contributed by atoms with van der Waals surface area (Å²) in [4.78, 5) is 4.14. The van der Waals surface area contributed by atoms with Crippen LogP contribution in [0.5, 0.6) is 0 Å². The molecule has 0 saturated carbocycles. The summed E-state index contributed by atoms with van der Waals surface area (Å²) >= 11 is 0. The van der Waals surface area contributed by atoms with Crippen LogP contribution >= 0.6 is 0 Å². The predicted molar refractivity (Wildman–Crippen MR) is 62.1 cm³/mol. The highest BCUT2D eigenvalue weighted by atomic mass is 15.0. The van der Waals surface area contributed by atoms with Gasteiger partial charge in [-0.3, -0.25) is 0 Å². The molecule has 1 aromatic rings. The van der Waals surface area contributed by atoms with Crippen LogP contribution in [0, 0.1) is 0 Å². The van der Waals surface area contributed by atoms with Gasteiger partial charge in [0.2, 0.25) is 0 Å². The fourth-order valence-corrected chi connectivity index (χ4v) is 1.19. The molecule has 3 heteroatoms. The Morgan fingerprint density at radius 3 is 3.13 bits per heavy atom. The number of nitrogens with two attached hydrogens (primary N) is 1. The summed E-state index contributed by atoms with van der Waals surface area (Å²) in [5.74, 6) is 0.664. The molecule has 3 N–H and O–H groups in total. The molecule has 74 valence electrons. The molecule has 0 aliphatic heterocycles. The van der Waals surface area contributed by atoms with Crippen LogP contribution < -0.4 is 11.1 Å². The van der Waals surface area contributed by atoms with Gasteiger partial charge in [-0.05, 0) is 24.3 Å². The third-order valence-electron chi connectivity index (χ3n) is 1.92. The van der Waals surface area contributed by atoms with Gasteiger partial charge in [-0.1, -0.05) is 12.2 Å². The fourth-order valence-electron chi connectivity index (χ4n) is 1.19. The lowest BCUT2D eigenvalue weighted by Crippen LogP contribution is -2.02. The summed E-state index contributed by atoms with van der Waals surface area (Å²) in [5, 5.41) is 3.12. The van der Waals surface area contributed by atoms with Crippen LogP contribution in [0.1, 0.15) is 0 Å². The minimum atomic E-state index is 0.629. The lowest BCUT2D eigenvalue weighted by atomic mass is 10.3. The van der Waals surface area contributed by atoms with Gasteiger partial charge in [0.15, 0.2) is 5.82 Å². The summed E-state index contributed by atoms with van der Waals surface area (Å²) in [5.41, 5.74) is 10.3. The zero-order chi connectivity index (χ0) is 10.5. The van der Waals surface area contributed by atoms with Crippen LogP contribution in [0.25, 0.3) is 0 Å². The molecule has 0 spiro atoms. The normalized spacial score (nSPS) is 13.5. The van der Waals surface area contributed by atoms with E-state index >= 15 is 0 Å². The van der Waals surface area contributed by atoms with Gasteiger partial charge >= 0.3 is 0 Å². The van der Waals surface area contributed by atoms with Crippen molar-refractivity contribution < 1.29 is 0 Å². The fraction of sp³-hybridized carbons (Fsp3) is 0. The van der Waals surface area contributed by atoms with Crippen molar-refractivity contribution in [2.75, 3.05) is 11.1 Å². The van der Waals surface area contributed by atoms with Crippen molar-refractivity contribution in [2.45, 2.75) is 0 Å². The van der Waals surface area contributed by atoms with Crippen molar-refractivity contribution in [2.24, 2.45) is 0 Å². The van der Waals surface area contributed by atoms with E-state index in [1.165, 1.54) is 0 Å². The highest BCUT2D eigenvalue weighted by Gasteiger charge is 1.99. The zero-order valence-corrected chi connectivity index (χ0v) is 8.14. The molecule has 1 aliphatic carbocycles. The van der Waals surface area contributed by atoms with Crippen molar-refractivity contribution in [3.63, 3.8) is 0 Å². The first-order chi connectivity index (χ1) is 7.36. The quantitative estimate of drug-likeness (QED) is 0.715. The number of hydrogen-bond acceptors (Lipinski definition) is 3. The molecule has 15 heavy (non-hydrogen) atoms. The van der Waals surface area contributed by atoms with E-state index in [0.29, 0.717) is 11.5 Å². The minimum absolute atomic E-state index is 0.629. The second-order valence-corrected chi connectivity index (χ2v) is 3.05. The number of hydrogen-bond donors (Lipinski definition) is 2. The Hall–Kier alpha value is -2.25. The highest BCUT2D eigenvalue weighted by Crippen LogP contribution is 2.16. The first-order valence-electron chi connectivity index (χ1n) is 4.63. The first kappa shape index (κ1) is 9.31. The molecule has 1 aromatic heterocycles. The monoisotopic (exact) mass is 197 g/mol. The summed E-state index contributed by atoms with van der Waals surface area (Å²) < 4.78 is 0. The van der Waals surface area contributed by atoms with E-state index in [1.54, 1.807) is 12.3 Å². The SMILES string of the molecule is Nc1cccnc1NC1=CC=CC=C=C1. The minimum Gasteiger partial charge on any atom is -0.396 e. The number of nitrogen functional groups attached to an aromatic ring is 1. The molecule has 0 amide bonds. The first-order valence-corrected chi connectivity index (χ1v) is 4.63. The third kappa shape index (κ3) is 2.36. The Labute approximate surface area is 88.3 Å². The number of anilines is 2. The second-order valence-electron chi connectivity index (χ2n) is 3.05. The number of nitrogens with one attached hydrogen (secondary N) is 1. The van der Waals surface area contributed by atoms with Gasteiger partial charge < -0.3 is 11.1 Å². The Balaban J connectivity index is 2.23. The van der Waals surface area contributed by atoms with Crippen LogP contribution in [0.4, 0.5) is 11.5 Å². The number of aromatic nitrogens is 1. The van der Waals surface area contributed by atoms with Crippen molar-refractivity contribution in [1.29, 1.82) is 0 Å². The largest absolute Gasteiger partial charge is 0.396 e. The molecular formula is C12H11N3. The molecule has 0 atom stereocenters. The molecule has 0 saturated heterocycles. The van der Waals surface area contributed by atoms with Gasteiger partial charge in [0.1, 0.15) is 0 Å². The Bertz CT molecular complexity index is 477. The topological polar surface area (TPSA) is 50.9 Å². The van der Waals surface area contributed by atoms with Gasteiger partial charge in [-0.25, -0.2) is 4.98 Å². The van der Waals surface area contributed by atoms with E-state index in [1.807, 2.05) is 36.4 Å². The van der Waals surface area contributed by atoms with E-state index in [-0.39, 0.29) is 0 Å². The summed E-state index contributed by atoms with van der Waals surface area (Å²) in [6.07, 6.45) is 11.2. The molecule has 0 bridgehead atoms. The van der Waals surface area contributed by atoms with Gasteiger partial charge in [-0.2, -0.15) is 0 Å². The average molecular weight is 197 g/mol. The summed E-state index contributed by atoms with van der Waals surface area (Å²) in [6, 6.07) is 3.61. The molecule has 1 aliphatic rings. The summed E-state index contributed by atoms with van der Waals surface area (Å²) in [6.45, 7) is 0. The molecule has 0 aromatic carbocycles. The van der Waals surface area contributed by atoms with Crippen LogP contribution in [-0.4, -0.2) is 4.98 Å². The molecule has 0 radical (unpaired) electrons. The smallest absolute Gasteiger partial charge is 0.153 e. The maximum Gasteiger partial charge on any atom is 0.153 e. The lowest BCUT2D eigenvalue weighted by Gasteiger charge is -2.06. The van der Waals surface area contributed by atoms with E-state index in [2.05, 4.69) is 16.0 Å². The van der Waals surface area contributed by atoms with Crippen molar-refractivity contribution in [3.05, 3.63) is 60.1 Å². The van der Waals surface area contributed by atoms with Crippen LogP contribution in [0.3, 0.4) is 0 Å². The molecule has 0 fully saturated rings. The van der Waals surface area contributed by atoms with Crippen molar-refractivity contribution in [1.82, 2.24) is 4.98 Å². The average Bonchev–Trinajstić information content (AvgIpc) is 2.50.